The summed E-state index contributed by atoms with van der Waals surface area (Å²) in [6.45, 7) is 3.51. The number of hydrogen-bond donors (Lipinski definition) is 0. The molecule has 0 radical (unpaired) electrons. The van der Waals surface area contributed by atoms with Crippen LogP contribution >= 0.6 is 22.6 Å². The van der Waals surface area contributed by atoms with Crippen LogP contribution in [0.1, 0.15) is 19.4 Å². The molecule has 0 aliphatic heterocycles. The fourth-order valence-corrected chi connectivity index (χ4v) is 2.41. The lowest BCUT2D eigenvalue weighted by molar-refractivity contribution is -0.137. The minimum absolute atomic E-state index is 0.0829. The van der Waals surface area contributed by atoms with Gasteiger partial charge >= 0.3 is 12.2 Å². The Morgan fingerprint density at radius 3 is 2.52 bits per heavy atom. The molecule has 8 heteroatoms. The highest BCUT2D eigenvalue weighted by atomic mass is 127. The molecule has 1 aromatic carbocycles. The first-order chi connectivity index (χ1) is 10.7. The summed E-state index contributed by atoms with van der Waals surface area (Å²) >= 11 is 2.10. The summed E-state index contributed by atoms with van der Waals surface area (Å²) in [4.78, 5) is 8.99. The average molecular weight is 437 g/mol. The van der Waals surface area contributed by atoms with Gasteiger partial charge in [0, 0.05) is 22.5 Å². The van der Waals surface area contributed by atoms with E-state index in [-0.39, 0.29) is 17.9 Å². The minimum Gasteiger partial charge on any atom is -0.461 e. The van der Waals surface area contributed by atoms with Gasteiger partial charge in [-0.2, -0.15) is 18.2 Å². The SMILES string of the molecule is CC(C)Oc1ncc(C(F)(F)F)c(N(C)c2cccc(I)c2)n1. The van der Waals surface area contributed by atoms with Crippen molar-refractivity contribution in [3.05, 3.63) is 39.6 Å². The van der Waals surface area contributed by atoms with E-state index in [0.29, 0.717) is 5.69 Å². The highest BCUT2D eigenvalue weighted by molar-refractivity contribution is 14.1. The molecule has 0 bridgehead atoms. The first kappa shape index (κ1) is 17.8. The smallest absolute Gasteiger partial charge is 0.421 e. The zero-order valence-electron chi connectivity index (χ0n) is 12.7. The van der Waals surface area contributed by atoms with Crippen molar-refractivity contribution in [3.63, 3.8) is 0 Å². The summed E-state index contributed by atoms with van der Waals surface area (Å²) in [6, 6.07) is 7.03. The third kappa shape index (κ3) is 4.46. The predicted molar refractivity (Wildman–Crippen MR) is 90.0 cm³/mol. The van der Waals surface area contributed by atoms with E-state index in [1.165, 1.54) is 11.9 Å². The quantitative estimate of drug-likeness (QED) is 0.653. The van der Waals surface area contributed by atoms with Crippen molar-refractivity contribution in [2.24, 2.45) is 0 Å². The fourth-order valence-electron chi connectivity index (χ4n) is 1.89. The molecule has 2 rings (SSSR count). The van der Waals surface area contributed by atoms with Gasteiger partial charge in [0.05, 0.1) is 6.10 Å². The van der Waals surface area contributed by atoms with Gasteiger partial charge in [-0.15, -0.1) is 0 Å². The van der Waals surface area contributed by atoms with Crippen LogP contribution in [-0.4, -0.2) is 23.1 Å². The van der Waals surface area contributed by atoms with Crippen LogP contribution < -0.4 is 9.64 Å². The molecule has 2 aromatic rings. The van der Waals surface area contributed by atoms with Crippen LogP contribution in [0.2, 0.25) is 0 Å². The molecule has 1 heterocycles. The highest BCUT2D eigenvalue weighted by Crippen LogP contribution is 2.37. The molecule has 0 aliphatic rings. The summed E-state index contributed by atoms with van der Waals surface area (Å²) < 4.78 is 46.0. The van der Waals surface area contributed by atoms with E-state index >= 15 is 0 Å². The van der Waals surface area contributed by atoms with E-state index in [4.69, 9.17) is 4.74 Å². The molecule has 4 nitrogen and oxygen atoms in total. The van der Waals surface area contributed by atoms with E-state index in [1.807, 2.05) is 6.07 Å². The molecule has 0 atom stereocenters. The van der Waals surface area contributed by atoms with Gasteiger partial charge in [-0.1, -0.05) is 6.07 Å². The Labute approximate surface area is 145 Å². The molecule has 0 N–H and O–H groups in total. The first-order valence-electron chi connectivity index (χ1n) is 6.78. The molecule has 1 aromatic heterocycles. The molecule has 124 valence electrons. The highest BCUT2D eigenvalue weighted by Gasteiger charge is 2.36. The van der Waals surface area contributed by atoms with Crippen LogP contribution in [0.4, 0.5) is 24.7 Å². The van der Waals surface area contributed by atoms with E-state index < -0.39 is 11.7 Å². The molecule has 0 saturated heterocycles. The van der Waals surface area contributed by atoms with Crippen molar-refractivity contribution in [2.45, 2.75) is 26.1 Å². The minimum atomic E-state index is -4.55. The van der Waals surface area contributed by atoms with Gasteiger partial charge < -0.3 is 9.64 Å². The number of hydrogen-bond acceptors (Lipinski definition) is 4. The van der Waals surface area contributed by atoms with E-state index in [1.54, 1.807) is 32.0 Å². The monoisotopic (exact) mass is 437 g/mol. The number of halogens is 4. The lowest BCUT2D eigenvalue weighted by Gasteiger charge is -2.23. The summed E-state index contributed by atoms with van der Waals surface area (Å²) in [5.41, 5.74) is -0.313. The number of aromatic nitrogens is 2. The topological polar surface area (TPSA) is 38.2 Å². The molecular weight excluding hydrogens is 422 g/mol. The van der Waals surface area contributed by atoms with Crippen molar-refractivity contribution in [3.8, 4) is 6.01 Å². The van der Waals surface area contributed by atoms with Crippen LogP contribution in [0.25, 0.3) is 0 Å². The van der Waals surface area contributed by atoms with Crippen LogP contribution in [0.3, 0.4) is 0 Å². The third-order valence-electron chi connectivity index (χ3n) is 2.91. The zero-order chi connectivity index (χ0) is 17.2. The van der Waals surface area contributed by atoms with Gasteiger partial charge in [0.15, 0.2) is 5.82 Å². The Balaban J connectivity index is 2.52. The largest absolute Gasteiger partial charge is 0.461 e. The molecule has 23 heavy (non-hydrogen) atoms. The van der Waals surface area contributed by atoms with Gasteiger partial charge in [-0.3, -0.25) is 0 Å². The number of ether oxygens (including phenoxy) is 1. The van der Waals surface area contributed by atoms with Crippen molar-refractivity contribution >= 4 is 34.1 Å². The van der Waals surface area contributed by atoms with E-state index in [9.17, 15) is 13.2 Å². The number of alkyl halides is 3. The van der Waals surface area contributed by atoms with Crippen LogP contribution in [0.15, 0.2) is 30.5 Å². The van der Waals surface area contributed by atoms with Gasteiger partial charge in [-0.25, -0.2) is 4.98 Å². The van der Waals surface area contributed by atoms with Crippen LogP contribution in [0, 0.1) is 3.57 Å². The third-order valence-corrected chi connectivity index (χ3v) is 3.58. The van der Waals surface area contributed by atoms with Crippen LogP contribution in [-0.2, 0) is 6.18 Å². The molecule has 0 amide bonds. The summed E-state index contributed by atoms with van der Waals surface area (Å²) in [7, 11) is 1.53. The van der Waals surface area contributed by atoms with Gasteiger partial charge in [0.1, 0.15) is 5.56 Å². The summed E-state index contributed by atoms with van der Waals surface area (Å²) in [6.07, 6.45) is -4.03. The Kier molecular flexibility index (Phi) is 5.33. The van der Waals surface area contributed by atoms with Gasteiger partial charge in [0.25, 0.3) is 0 Å². The summed E-state index contributed by atoms with van der Waals surface area (Å²) in [5, 5.41) is 0. The normalized spacial score (nSPS) is 11.7. The second kappa shape index (κ2) is 6.90. The standard InChI is InChI=1S/C15H15F3IN3O/c1-9(2)23-14-20-8-12(15(16,17)18)13(21-14)22(3)11-6-4-5-10(19)7-11/h4-9H,1-3H3. The Bertz CT molecular complexity index is 692. The molecular formula is C15H15F3IN3O. The van der Waals surface area contributed by atoms with Crippen molar-refractivity contribution < 1.29 is 17.9 Å². The Morgan fingerprint density at radius 1 is 1.26 bits per heavy atom. The van der Waals surface area contributed by atoms with Crippen molar-refractivity contribution in [2.75, 3.05) is 11.9 Å². The fraction of sp³-hybridized carbons (Fsp3) is 0.333. The maximum atomic E-state index is 13.2. The second-order valence-corrected chi connectivity index (χ2v) is 6.34. The lowest BCUT2D eigenvalue weighted by Crippen LogP contribution is -2.20. The van der Waals surface area contributed by atoms with Crippen molar-refractivity contribution in [1.29, 1.82) is 0 Å². The maximum absolute atomic E-state index is 13.2. The first-order valence-corrected chi connectivity index (χ1v) is 7.86. The number of benzene rings is 1. The van der Waals surface area contributed by atoms with Crippen molar-refractivity contribution in [1.82, 2.24) is 9.97 Å². The molecule has 0 unspecified atom stereocenters. The Hall–Kier alpha value is -1.58. The molecule has 0 saturated carbocycles. The second-order valence-electron chi connectivity index (χ2n) is 5.09. The van der Waals surface area contributed by atoms with E-state index in [2.05, 4.69) is 32.6 Å². The predicted octanol–water partition coefficient (Wildman–Crippen LogP) is 4.66. The lowest BCUT2D eigenvalue weighted by atomic mass is 10.2. The van der Waals surface area contributed by atoms with Gasteiger partial charge in [-0.05, 0) is 54.6 Å². The zero-order valence-corrected chi connectivity index (χ0v) is 14.9. The average Bonchev–Trinajstić information content (AvgIpc) is 2.44. The number of rotatable bonds is 4. The summed E-state index contributed by atoms with van der Waals surface area (Å²) in [5.74, 6) is -0.245. The molecule has 0 aliphatic carbocycles. The Morgan fingerprint density at radius 2 is 1.96 bits per heavy atom. The molecule has 0 fully saturated rings. The van der Waals surface area contributed by atoms with E-state index in [0.717, 1.165) is 9.77 Å². The maximum Gasteiger partial charge on any atom is 0.421 e. The van der Waals surface area contributed by atoms with Crippen LogP contribution in [0.5, 0.6) is 6.01 Å². The number of nitrogens with zero attached hydrogens (tertiary/aromatic N) is 3. The molecule has 0 spiro atoms. The number of anilines is 2. The van der Waals surface area contributed by atoms with Gasteiger partial charge in [0.2, 0.25) is 0 Å².